The lowest BCUT2D eigenvalue weighted by atomic mass is 10.2. The fourth-order valence-electron chi connectivity index (χ4n) is 1.97. The average molecular weight is 416 g/mol. The van der Waals surface area contributed by atoms with Gasteiger partial charge in [-0.1, -0.05) is 41.9 Å². The minimum Gasteiger partial charge on any atom is -0.350 e. The molecule has 2 N–H and O–H groups in total. The van der Waals surface area contributed by atoms with Crippen molar-refractivity contribution in [1.29, 1.82) is 0 Å². The summed E-state index contributed by atoms with van der Waals surface area (Å²) in [6, 6.07) is 12.2. The fraction of sp³-hybridized carbons (Fsp3) is 0.250. The van der Waals surface area contributed by atoms with Gasteiger partial charge in [-0.15, -0.1) is 11.3 Å². The van der Waals surface area contributed by atoms with E-state index in [9.17, 15) is 18.0 Å². The molecule has 0 atom stereocenters. The Kier molecular flexibility index (Phi) is 7.15. The van der Waals surface area contributed by atoms with Crippen molar-refractivity contribution in [2.75, 3.05) is 20.1 Å². The molecule has 1 heterocycles. The van der Waals surface area contributed by atoms with Gasteiger partial charge in [-0.2, -0.15) is 4.31 Å². The van der Waals surface area contributed by atoms with Crippen LogP contribution in [0.15, 0.2) is 46.7 Å². The van der Waals surface area contributed by atoms with Crippen molar-refractivity contribution in [2.45, 2.75) is 10.8 Å². The van der Waals surface area contributed by atoms with Crippen LogP contribution in [0.25, 0.3) is 0 Å². The van der Waals surface area contributed by atoms with Crippen LogP contribution < -0.4 is 10.6 Å². The number of carbonyl (C=O) groups is 2. The summed E-state index contributed by atoms with van der Waals surface area (Å²) in [7, 11) is -2.50. The third kappa shape index (κ3) is 5.80. The van der Waals surface area contributed by atoms with Gasteiger partial charge in [-0.25, -0.2) is 8.42 Å². The molecule has 0 aliphatic carbocycles. The summed E-state index contributed by atoms with van der Waals surface area (Å²) in [4.78, 5) is 23.7. The zero-order valence-corrected chi connectivity index (χ0v) is 16.3. The molecular weight excluding hydrogens is 398 g/mol. The molecule has 0 unspecified atom stereocenters. The third-order valence-corrected chi connectivity index (χ3v) is 6.86. The molecule has 0 fully saturated rings. The van der Waals surface area contributed by atoms with Crippen molar-refractivity contribution in [1.82, 2.24) is 14.9 Å². The van der Waals surface area contributed by atoms with Gasteiger partial charge < -0.3 is 10.6 Å². The zero-order chi connectivity index (χ0) is 19.2. The predicted octanol–water partition coefficient (Wildman–Crippen LogP) is 1.45. The van der Waals surface area contributed by atoms with Crippen LogP contribution in [0, 0.1) is 0 Å². The van der Waals surface area contributed by atoms with E-state index in [1.54, 1.807) is 0 Å². The number of amides is 2. The molecule has 2 aromatic rings. The highest BCUT2D eigenvalue weighted by molar-refractivity contribution is 7.91. The number of hydrogen-bond donors (Lipinski definition) is 2. The molecule has 26 heavy (non-hydrogen) atoms. The maximum absolute atomic E-state index is 12.3. The van der Waals surface area contributed by atoms with Gasteiger partial charge in [0.05, 0.1) is 17.4 Å². The molecule has 0 saturated heterocycles. The van der Waals surface area contributed by atoms with Gasteiger partial charge in [0.1, 0.15) is 4.21 Å². The third-order valence-electron chi connectivity index (χ3n) is 3.36. The molecule has 0 radical (unpaired) electrons. The first-order valence-electron chi connectivity index (χ1n) is 7.58. The van der Waals surface area contributed by atoms with E-state index in [0.717, 1.165) is 21.2 Å². The van der Waals surface area contributed by atoms with Crippen LogP contribution in [0.5, 0.6) is 0 Å². The highest BCUT2D eigenvalue weighted by atomic mass is 35.5. The van der Waals surface area contributed by atoms with Gasteiger partial charge in [-0.05, 0) is 17.7 Å². The molecule has 140 valence electrons. The van der Waals surface area contributed by atoms with Gasteiger partial charge in [0.25, 0.3) is 10.0 Å². The standard InChI is InChI=1S/C16H18ClN3O4S2/c1-20(26(23,24)16-8-7-13(17)25-16)11-15(22)19-10-14(21)18-9-12-5-3-2-4-6-12/h2-8H,9-11H2,1H3,(H,18,21)(H,19,22). The Balaban J connectivity index is 1.78. The van der Waals surface area contributed by atoms with Gasteiger partial charge in [0, 0.05) is 13.6 Å². The van der Waals surface area contributed by atoms with Crippen molar-refractivity contribution in [2.24, 2.45) is 0 Å². The molecule has 1 aromatic heterocycles. The normalized spacial score (nSPS) is 11.3. The van der Waals surface area contributed by atoms with Gasteiger partial charge in [0.15, 0.2) is 0 Å². The molecule has 10 heteroatoms. The summed E-state index contributed by atoms with van der Waals surface area (Å²) < 4.78 is 25.9. The average Bonchev–Trinajstić information content (AvgIpc) is 3.06. The lowest BCUT2D eigenvalue weighted by molar-refractivity contribution is -0.126. The summed E-state index contributed by atoms with van der Waals surface area (Å²) in [5.41, 5.74) is 0.938. The van der Waals surface area contributed by atoms with Crippen molar-refractivity contribution >= 4 is 44.8 Å². The molecule has 2 rings (SSSR count). The Morgan fingerprint density at radius 1 is 1.08 bits per heavy atom. The summed E-state index contributed by atoms with van der Waals surface area (Å²) in [6.45, 7) is -0.281. The van der Waals surface area contributed by atoms with Crippen LogP contribution in [0.1, 0.15) is 5.56 Å². The van der Waals surface area contributed by atoms with Gasteiger partial charge in [0.2, 0.25) is 11.8 Å². The molecule has 7 nitrogen and oxygen atoms in total. The molecule has 2 amide bonds. The van der Waals surface area contributed by atoms with E-state index >= 15 is 0 Å². The Labute approximate surface area is 161 Å². The van der Waals surface area contributed by atoms with E-state index in [-0.39, 0.29) is 16.7 Å². The number of thiophene rings is 1. The van der Waals surface area contributed by atoms with E-state index in [1.165, 1.54) is 19.2 Å². The first-order valence-corrected chi connectivity index (χ1v) is 10.2. The Bertz CT molecular complexity index is 869. The van der Waals surface area contributed by atoms with E-state index in [4.69, 9.17) is 11.6 Å². The number of carbonyl (C=O) groups excluding carboxylic acids is 2. The minimum atomic E-state index is -3.79. The number of benzene rings is 1. The molecular formula is C16H18ClN3O4S2. The van der Waals surface area contributed by atoms with Crippen molar-refractivity contribution in [3.05, 3.63) is 52.4 Å². The zero-order valence-electron chi connectivity index (χ0n) is 13.9. The summed E-state index contributed by atoms with van der Waals surface area (Å²) in [5.74, 6) is -0.939. The molecule has 0 aliphatic heterocycles. The lowest BCUT2D eigenvalue weighted by Crippen LogP contribution is -2.42. The van der Waals surface area contributed by atoms with Gasteiger partial charge in [-0.3, -0.25) is 9.59 Å². The van der Waals surface area contributed by atoms with E-state index in [2.05, 4.69) is 10.6 Å². The molecule has 0 saturated carbocycles. The van der Waals surface area contributed by atoms with Crippen LogP contribution in [-0.4, -0.2) is 44.7 Å². The summed E-state index contributed by atoms with van der Waals surface area (Å²) in [5, 5.41) is 5.07. The first kappa shape index (κ1) is 20.4. The first-order chi connectivity index (χ1) is 12.3. The predicted molar refractivity (Wildman–Crippen MR) is 100 cm³/mol. The number of rotatable bonds is 8. The lowest BCUT2D eigenvalue weighted by Gasteiger charge is -2.15. The largest absolute Gasteiger partial charge is 0.350 e. The van der Waals surface area contributed by atoms with Crippen LogP contribution in [0.4, 0.5) is 0 Å². The Morgan fingerprint density at radius 2 is 1.77 bits per heavy atom. The van der Waals surface area contributed by atoms with E-state index in [1.807, 2.05) is 30.3 Å². The monoisotopic (exact) mass is 415 g/mol. The second-order valence-corrected chi connectivity index (χ2v) is 9.35. The maximum atomic E-state index is 12.3. The van der Waals surface area contributed by atoms with Crippen molar-refractivity contribution in [3.8, 4) is 0 Å². The summed E-state index contributed by atoms with van der Waals surface area (Å²) in [6.07, 6.45) is 0. The van der Waals surface area contributed by atoms with Crippen LogP contribution >= 0.6 is 22.9 Å². The SMILES string of the molecule is CN(CC(=O)NCC(=O)NCc1ccccc1)S(=O)(=O)c1ccc(Cl)s1. The van der Waals surface area contributed by atoms with Crippen LogP contribution in [0.3, 0.4) is 0 Å². The van der Waals surface area contributed by atoms with Gasteiger partial charge >= 0.3 is 0 Å². The van der Waals surface area contributed by atoms with E-state index < -0.39 is 22.5 Å². The smallest absolute Gasteiger partial charge is 0.252 e. The van der Waals surface area contributed by atoms with Crippen LogP contribution in [-0.2, 0) is 26.2 Å². The molecule has 0 bridgehead atoms. The second-order valence-electron chi connectivity index (χ2n) is 5.36. The number of nitrogens with zero attached hydrogens (tertiary/aromatic N) is 1. The molecule has 1 aromatic carbocycles. The Morgan fingerprint density at radius 3 is 2.38 bits per heavy atom. The summed E-state index contributed by atoms with van der Waals surface area (Å²) >= 11 is 6.66. The van der Waals surface area contributed by atoms with Crippen molar-refractivity contribution in [3.63, 3.8) is 0 Å². The van der Waals surface area contributed by atoms with E-state index in [0.29, 0.717) is 10.9 Å². The second kappa shape index (κ2) is 9.13. The molecule has 0 aliphatic rings. The number of nitrogens with one attached hydrogen (secondary N) is 2. The highest BCUT2D eigenvalue weighted by Gasteiger charge is 2.24. The quantitative estimate of drug-likeness (QED) is 0.682. The topological polar surface area (TPSA) is 95.6 Å². The minimum absolute atomic E-state index is 0.0541. The number of likely N-dealkylation sites (N-methyl/N-ethyl adjacent to an activating group) is 1. The van der Waals surface area contributed by atoms with Crippen LogP contribution in [0.2, 0.25) is 4.34 Å². The number of halogens is 1. The number of hydrogen-bond acceptors (Lipinski definition) is 5. The number of sulfonamides is 1. The fourth-order valence-corrected chi connectivity index (χ4v) is 4.79. The highest BCUT2D eigenvalue weighted by Crippen LogP contribution is 2.27. The maximum Gasteiger partial charge on any atom is 0.252 e. The molecule has 0 spiro atoms. The van der Waals surface area contributed by atoms with Crippen molar-refractivity contribution < 1.29 is 18.0 Å². The Hall–Kier alpha value is -1.94.